The van der Waals surface area contributed by atoms with Crippen molar-refractivity contribution in [3.8, 4) is 11.5 Å². The predicted molar refractivity (Wildman–Crippen MR) is 115 cm³/mol. The summed E-state index contributed by atoms with van der Waals surface area (Å²) in [6.07, 6.45) is 3.83. The zero-order valence-corrected chi connectivity index (χ0v) is 17.8. The Balaban J connectivity index is 2.55. The van der Waals surface area contributed by atoms with Crippen molar-refractivity contribution in [1.82, 2.24) is 0 Å². The van der Waals surface area contributed by atoms with Crippen molar-refractivity contribution in [1.29, 1.82) is 0 Å². The Labute approximate surface area is 165 Å². The lowest BCUT2D eigenvalue weighted by molar-refractivity contribution is 0.456. The van der Waals surface area contributed by atoms with Crippen molar-refractivity contribution < 1.29 is 10.2 Å². The number of phenolic OH excluding ortho intramolecular Hbond substituents is 2. The van der Waals surface area contributed by atoms with Crippen molar-refractivity contribution in [2.75, 3.05) is 0 Å². The van der Waals surface area contributed by atoms with E-state index in [9.17, 15) is 10.2 Å². The van der Waals surface area contributed by atoms with Crippen molar-refractivity contribution >= 4 is 0 Å². The summed E-state index contributed by atoms with van der Waals surface area (Å²) in [5.74, 6) is 1.76. The molecule has 2 rings (SSSR count). The second kappa shape index (κ2) is 8.82. The van der Waals surface area contributed by atoms with Crippen molar-refractivity contribution in [3.05, 3.63) is 58.7 Å². The third-order valence-electron chi connectivity index (χ3n) is 5.44. The fourth-order valence-corrected chi connectivity index (χ4v) is 4.02. The van der Waals surface area contributed by atoms with E-state index < -0.39 is 0 Å². The molecule has 2 heteroatoms. The minimum Gasteiger partial charge on any atom is -0.508 e. The third-order valence-corrected chi connectivity index (χ3v) is 5.44. The normalized spacial score (nSPS) is 12.1. The van der Waals surface area contributed by atoms with E-state index in [1.54, 1.807) is 0 Å². The number of rotatable bonds is 8. The van der Waals surface area contributed by atoms with E-state index in [1.807, 2.05) is 12.1 Å². The molecule has 0 unspecified atom stereocenters. The van der Waals surface area contributed by atoms with Gasteiger partial charge in [0.15, 0.2) is 0 Å². The molecule has 27 heavy (non-hydrogen) atoms. The maximum atomic E-state index is 10.3. The van der Waals surface area contributed by atoms with Gasteiger partial charge in [-0.3, -0.25) is 0 Å². The quantitative estimate of drug-likeness (QED) is 0.551. The number of hydrogen-bond acceptors (Lipinski definition) is 2. The summed E-state index contributed by atoms with van der Waals surface area (Å²) in [5, 5.41) is 20.6. The molecule has 2 nitrogen and oxygen atoms in total. The molecule has 0 saturated carbocycles. The second-order valence-electron chi connectivity index (χ2n) is 8.97. The van der Waals surface area contributed by atoms with Crippen LogP contribution in [0.3, 0.4) is 0 Å². The van der Waals surface area contributed by atoms with Crippen LogP contribution in [0.1, 0.15) is 76.6 Å². The van der Waals surface area contributed by atoms with Gasteiger partial charge < -0.3 is 10.2 Å². The predicted octanol–water partition coefficient (Wildman–Crippen LogP) is 6.60. The molecule has 0 bridgehead atoms. The SMILES string of the molecule is CCCC(C)(c1ccc(O)c(CC(C)C)c1)c1ccc(O)c(CC(C)C)c1. The van der Waals surface area contributed by atoms with Gasteiger partial charge in [-0.2, -0.15) is 0 Å². The molecule has 0 aliphatic heterocycles. The van der Waals surface area contributed by atoms with Crippen LogP contribution in [0.4, 0.5) is 0 Å². The first-order chi connectivity index (χ1) is 12.7. The van der Waals surface area contributed by atoms with Gasteiger partial charge in [0, 0.05) is 5.41 Å². The fraction of sp³-hybridized carbons (Fsp3) is 0.520. The average molecular weight is 369 g/mol. The van der Waals surface area contributed by atoms with Crippen molar-refractivity contribution in [2.45, 2.75) is 72.6 Å². The maximum Gasteiger partial charge on any atom is 0.118 e. The number of benzene rings is 2. The molecule has 2 N–H and O–H groups in total. The van der Waals surface area contributed by atoms with Crippen LogP contribution >= 0.6 is 0 Å². The van der Waals surface area contributed by atoms with Crippen molar-refractivity contribution in [3.63, 3.8) is 0 Å². The van der Waals surface area contributed by atoms with Crippen LogP contribution in [-0.2, 0) is 18.3 Å². The Kier molecular flexibility index (Phi) is 6.97. The molecule has 0 saturated heterocycles. The van der Waals surface area contributed by atoms with Crippen LogP contribution in [0.5, 0.6) is 11.5 Å². The van der Waals surface area contributed by atoms with Crippen LogP contribution in [0, 0.1) is 11.8 Å². The van der Waals surface area contributed by atoms with Crippen LogP contribution in [-0.4, -0.2) is 10.2 Å². The second-order valence-corrected chi connectivity index (χ2v) is 8.97. The van der Waals surface area contributed by atoms with E-state index in [-0.39, 0.29) is 5.41 Å². The van der Waals surface area contributed by atoms with Crippen LogP contribution < -0.4 is 0 Å². The number of aromatic hydroxyl groups is 2. The summed E-state index contributed by atoms with van der Waals surface area (Å²) < 4.78 is 0. The van der Waals surface area contributed by atoms with Gasteiger partial charge in [0.05, 0.1) is 0 Å². The van der Waals surface area contributed by atoms with Gasteiger partial charge in [0.1, 0.15) is 11.5 Å². The Morgan fingerprint density at radius 1 is 0.778 bits per heavy atom. The zero-order chi connectivity index (χ0) is 20.2. The summed E-state index contributed by atoms with van der Waals surface area (Å²) in [6, 6.07) is 12.2. The van der Waals surface area contributed by atoms with E-state index in [1.165, 1.54) is 11.1 Å². The molecule has 0 aliphatic carbocycles. The van der Waals surface area contributed by atoms with Gasteiger partial charge in [-0.15, -0.1) is 0 Å². The Hall–Kier alpha value is -1.96. The highest BCUT2D eigenvalue weighted by Crippen LogP contribution is 2.40. The molecule has 0 radical (unpaired) electrons. The first-order valence-electron chi connectivity index (χ1n) is 10.3. The van der Waals surface area contributed by atoms with Crippen LogP contribution in [0.25, 0.3) is 0 Å². The van der Waals surface area contributed by atoms with E-state index in [4.69, 9.17) is 0 Å². The summed E-state index contributed by atoms with van der Waals surface area (Å²) in [5.41, 5.74) is 4.36. The van der Waals surface area contributed by atoms with E-state index in [0.29, 0.717) is 23.3 Å². The molecule has 0 heterocycles. The van der Waals surface area contributed by atoms with Gasteiger partial charge >= 0.3 is 0 Å². The highest BCUT2D eigenvalue weighted by Gasteiger charge is 2.29. The van der Waals surface area contributed by atoms with Crippen LogP contribution in [0.15, 0.2) is 36.4 Å². The highest BCUT2D eigenvalue weighted by atomic mass is 16.3. The molecule has 0 atom stereocenters. The highest BCUT2D eigenvalue weighted by molar-refractivity contribution is 5.47. The first-order valence-corrected chi connectivity index (χ1v) is 10.3. The maximum absolute atomic E-state index is 10.3. The van der Waals surface area contributed by atoms with Gasteiger partial charge in [-0.05, 0) is 65.5 Å². The number of phenols is 2. The molecule has 148 valence electrons. The molecule has 0 aliphatic rings. The van der Waals surface area contributed by atoms with Gasteiger partial charge in [-0.1, -0.05) is 72.2 Å². The molecular formula is C25H36O2. The summed E-state index contributed by atoms with van der Waals surface area (Å²) in [4.78, 5) is 0. The van der Waals surface area contributed by atoms with Crippen LogP contribution in [0.2, 0.25) is 0 Å². The van der Waals surface area contributed by atoms with E-state index in [2.05, 4.69) is 65.8 Å². The Bertz CT molecular complexity index is 699. The molecule has 0 aromatic heterocycles. The van der Waals surface area contributed by atoms with Gasteiger partial charge in [0.2, 0.25) is 0 Å². The number of hydrogen-bond donors (Lipinski definition) is 2. The largest absolute Gasteiger partial charge is 0.508 e. The third kappa shape index (κ3) is 5.06. The average Bonchev–Trinajstić information content (AvgIpc) is 2.58. The molecular weight excluding hydrogens is 332 g/mol. The summed E-state index contributed by atoms with van der Waals surface area (Å²) >= 11 is 0. The minimum absolute atomic E-state index is 0.145. The Morgan fingerprint density at radius 3 is 1.52 bits per heavy atom. The first kappa shape index (κ1) is 21.3. The van der Waals surface area contributed by atoms with Gasteiger partial charge in [0.25, 0.3) is 0 Å². The van der Waals surface area contributed by atoms with E-state index >= 15 is 0 Å². The van der Waals surface area contributed by atoms with Gasteiger partial charge in [-0.25, -0.2) is 0 Å². The smallest absolute Gasteiger partial charge is 0.118 e. The monoisotopic (exact) mass is 368 g/mol. The molecule has 2 aromatic rings. The summed E-state index contributed by atoms with van der Waals surface area (Å²) in [6.45, 7) is 13.2. The van der Waals surface area contributed by atoms with E-state index in [0.717, 1.165) is 36.8 Å². The van der Waals surface area contributed by atoms with Crippen molar-refractivity contribution in [2.24, 2.45) is 11.8 Å². The lowest BCUT2D eigenvalue weighted by atomic mass is 9.72. The molecule has 0 fully saturated rings. The minimum atomic E-state index is -0.145. The summed E-state index contributed by atoms with van der Waals surface area (Å²) in [7, 11) is 0. The molecule has 2 aromatic carbocycles. The lowest BCUT2D eigenvalue weighted by Crippen LogP contribution is -2.24. The molecule has 0 spiro atoms. The standard InChI is InChI=1S/C25H36O2/c1-7-12-25(6,21-8-10-23(26)19(15-21)13-17(2)3)22-9-11-24(27)20(16-22)14-18(4)5/h8-11,15-18,26-27H,7,12-14H2,1-6H3. The lowest BCUT2D eigenvalue weighted by Gasteiger charge is -2.32. The fourth-order valence-electron chi connectivity index (χ4n) is 4.02. The topological polar surface area (TPSA) is 40.5 Å². The zero-order valence-electron chi connectivity index (χ0n) is 17.8. The molecule has 0 amide bonds. The Morgan fingerprint density at radius 2 is 1.19 bits per heavy atom.